The van der Waals surface area contributed by atoms with Gasteiger partial charge < -0.3 is 4.98 Å². The van der Waals surface area contributed by atoms with Crippen LogP contribution in [0.1, 0.15) is 18.2 Å². The SMILES string of the molecule is CCc1[nH]c(-c2ccc(F)cn2)nc(=S)c1C. The summed E-state index contributed by atoms with van der Waals surface area (Å²) < 4.78 is 13.3. The second-order valence-electron chi connectivity index (χ2n) is 3.71. The van der Waals surface area contributed by atoms with Crippen LogP contribution in [0.15, 0.2) is 18.3 Å². The number of rotatable bonds is 2. The van der Waals surface area contributed by atoms with Crippen LogP contribution in [0, 0.1) is 17.4 Å². The summed E-state index contributed by atoms with van der Waals surface area (Å²) in [6.07, 6.45) is 2.01. The Morgan fingerprint density at radius 3 is 2.76 bits per heavy atom. The van der Waals surface area contributed by atoms with E-state index in [2.05, 4.69) is 15.0 Å². The van der Waals surface area contributed by atoms with Crippen molar-refractivity contribution in [2.24, 2.45) is 0 Å². The van der Waals surface area contributed by atoms with Gasteiger partial charge in [-0.3, -0.25) is 0 Å². The predicted molar refractivity (Wildman–Crippen MR) is 66.7 cm³/mol. The van der Waals surface area contributed by atoms with Gasteiger partial charge in [-0.05, 0) is 25.5 Å². The first-order valence-corrected chi connectivity index (χ1v) is 5.74. The number of hydrogen-bond acceptors (Lipinski definition) is 3. The maximum Gasteiger partial charge on any atom is 0.157 e. The second-order valence-corrected chi connectivity index (χ2v) is 4.10. The van der Waals surface area contributed by atoms with Gasteiger partial charge in [0.05, 0.1) is 6.20 Å². The quantitative estimate of drug-likeness (QED) is 0.831. The van der Waals surface area contributed by atoms with E-state index in [1.54, 1.807) is 6.07 Å². The van der Waals surface area contributed by atoms with Crippen LogP contribution >= 0.6 is 12.2 Å². The largest absolute Gasteiger partial charge is 0.342 e. The van der Waals surface area contributed by atoms with Gasteiger partial charge in [-0.15, -0.1) is 0 Å². The molecule has 17 heavy (non-hydrogen) atoms. The number of aromatic amines is 1. The average molecular weight is 249 g/mol. The maximum atomic E-state index is 12.8. The molecule has 0 fully saturated rings. The van der Waals surface area contributed by atoms with Crippen molar-refractivity contribution in [2.75, 3.05) is 0 Å². The molecule has 0 amide bonds. The molecule has 0 atom stereocenters. The molecule has 0 aliphatic carbocycles. The number of hydrogen-bond donors (Lipinski definition) is 1. The van der Waals surface area contributed by atoms with Crippen molar-refractivity contribution in [2.45, 2.75) is 20.3 Å². The zero-order chi connectivity index (χ0) is 12.4. The Bertz CT molecular complexity index is 590. The predicted octanol–water partition coefficient (Wildman–Crippen LogP) is 3.21. The van der Waals surface area contributed by atoms with Gasteiger partial charge in [-0.2, -0.15) is 0 Å². The molecule has 0 radical (unpaired) electrons. The van der Waals surface area contributed by atoms with E-state index in [-0.39, 0.29) is 5.82 Å². The molecule has 0 saturated carbocycles. The molecule has 0 aromatic carbocycles. The Kier molecular flexibility index (Phi) is 3.28. The molecule has 0 aliphatic rings. The molecule has 0 aliphatic heterocycles. The highest BCUT2D eigenvalue weighted by atomic mass is 32.1. The smallest absolute Gasteiger partial charge is 0.157 e. The molecule has 0 unspecified atom stereocenters. The average Bonchev–Trinajstić information content (AvgIpc) is 2.33. The van der Waals surface area contributed by atoms with Gasteiger partial charge in [0.25, 0.3) is 0 Å². The third-order valence-corrected chi connectivity index (χ3v) is 2.98. The number of nitrogens with zero attached hydrogens (tertiary/aromatic N) is 2. The second kappa shape index (κ2) is 4.71. The van der Waals surface area contributed by atoms with E-state index in [4.69, 9.17) is 12.2 Å². The van der Waals surface area contributed by atoms with Crippen molar-refractivity contribution < 1.29 is 4.39 Å². The summed E-state index contributed by atoms with van der Waals surface area (Å²) in [5.41, 5.74) is 2.60. The lowest BCUT2D eigenvalue weighted by Crippen LogP contribution is -2.00. The Morgan fingerprint density at radius 2 is 2.18 bits per heavy atom. The monoisotopic (exact) mass is 249 g/mol. The number of nitrogens with one attached hydrogen (secondary N) is 1. The van der Waals surface area contributed by atoms with Crippen LogP contribution in [0.2, 0.25) is 0 Å². The molecule has 2 aromatic heterocycles. The van der Waals surface area contributed by atoms with E-state index in [0.29, 0.717) is 16.2 Å². The molecule has 0 spiro atoms. The number of aryl methyl sites for hydroxylation is 1. The fraction of sp³-hybridized carbons (Fsp3) is 0.250. The van der Waals surface area contributed by atoms with Crippen LogP contribution in [0.5, 0.6) is 0 Å². The van der Waals surface area contributed by atoms with Gasteiger partial charge in [0.1, 0.15) is 16.2 Å². The van der Waals surface area contributed by atoms with E-state index < -0.39 is 0 Å². The highest BCUT2D eigenvalue weighted by Crippen LogP contribution is 2.15. The van der Waals surface area contributed by atoms with Crippen molar-refractivity contribution in [3.8, 4) is 11.5 Å². The normalized spacial score (nSPS) is 10.5. The molecule has 0 saturated heterocycles. The standard InChI is InChI=1S/C12H12FN3S/c1-3-9-7(2)12(17)16-11(15-9)10-5-4-8(13)6-14-10/h4-6H,3H2,1-2H3,(H,15,16,17). The fourth-order valence-electron chi connectivity index (χ4n) is 1.57. The van der Waals surface area contributed by atoms with E-state index >= 15 is 0 Å². The summed E-state index contributed by atoms with van der Waals surface area (Å²) in [4.78, 5) is 11.4. The van der Waals surface area contributed by atoms with Crippen LogP contribution in [0.4, 0.5) is 4.39 Å². The van der Waals surface area contributed by atoms with E-state index in [1.165, 1.54) is 12.3 Å². The summed E-state index contributed by atoms with van der Waals surface area (Å²) in [5.74, 6) is 0.215. The minimum atomic E-state index is -0.366. The van der Waals surface area contributed by atoms with Crippen LogP contribution in [-0.4, -0.2) is 15.0 Å². The first kappa shape index (κ1) is 11.9. The highest BCUT2D eigenvalue weighted by Gasteiger charge is 2.06. The van der Waals surface area contributed by atoms with Gasteiger partial charge >= 0.3 is 0 Å². The zero-order valence-electron chi connectivity index (χ0n) is 9.62. The molecule has 5 heteroatoms. The molecule has 2 aromatic rings. The highest BCUT2D eigenvalue weighted by molar-refractivity contribution is 7.71. The van der Waals surface area contributed by atoms with Gasteiger partial charge in [-0.1, -0.05) is 19.1 Å². The fourth-order valence-corrected chi connectivity index (χ4v) is 1.78. The summed E-state index contributed by atoms with van der Waals surface area (Å²) in [7, 11) is 0. The molecular weight excluding hydrogens is 237 g/mol. The number of pyridine rings is 1. The summed E-state index contributed by atoms with van der Waals surface area (Å²) in [5, 5.41) is 0. The molecular formula is C12H12FN3S. The number of aromatic nitrogens is 3. The third kappa shape index (κ3) is 2.39. The van der Waals surface area contributed by atoms with Gasteiger partial charge in [0.15, 0.2) is 5.82 Å². The summed E-state index contributed by atoms with van der Waals surface area (Å²) in [6.45, 7) is 3.97. The first-order chi connectivity index (χ1) is 8.11. The molecule has 3 nitrogen and oxygen atoms in total. The van der Waals surface area contributed by atoms with Crippen LogP contribution < -0.4 is 0 Å². The minimum absolute atomic E-state index is 0.366. The Balaban J connectivity index is 2.56. The minimum Gasteiger partial charge on any atom is -0.342 e. The Hall–Kier alpha value is -1.62. The molecule has 1 N–H and O–H groups in total. The van der Waals surface area contributed by atoms with Crippen molar-refractivity contribution in [3.05, 3.63) is 40.0 Å². The van der Waals surface area contributed by atoms with E-state index in [0.717, 1.165) is 17.7 Å². The summed E-state index contributed by atoms with van der Waals surface area (Å²) >= 11 is 5.19. The third-order valence-electron chi connectivity index (χ3n) is 2.58. The molecule has 2 heterocycles. The zero-order valence-corrected chi connectivity index (χ0v) is 10.4. The Morgan fingerprint density at radius 1 is 1.41 bits per heavy atom. The number of H-pyrrole nitrogens is 1. The van der Waals surface area contributed by atoms with E-state index in [9.17, 15) is 4.39 Å². The van der Waals surface area contributed by atoms with Crippen molar-refractivity contribution in [1.82, 2.24) is 15.0 Å². The Labute approximate surface area is 104 Å². The molecule has 88 valence electrons. The van der Waals surface area contributed by atoms with Gasteiger partial charge in [0, 0.05) is 11.3 Å². The van der Waals surface area contributed by atoms with Gasteiger partial charge in [0.2, 0.25) is 0 Å². The summed E-state index contributed by atoms with van der Waals surface area (Å²) in [6, 6.07) is 2.93. The van der Waals surface area contributed by atoms with E-state index in [1.807, 2.05) is 13.8 Å². The molecule has 0 bridgehead atoms. The first-order valence-electron chi connectivity index (χ1n) is 5.33. The van der Waals surface area contributed by atoms with Crippen molar-refractivity contribution in [3.63, 3.8) is 0 Å². The van der Waals surface area contributed by atoms with Crippen LogP contribution in [0.3, 0.4) is 0 Å². The van der Waals surface area contributed by atoms with Crippen LogP contribution in [-0.2, 0) is 6.42 Å². The lowest BCUT2D eigenvalue weighted by Gasteiger charge is -2.07. The van der Waals surface area contributed by atoms with Gasteiger partial charge in [-0.25, -0.2) is 14.4 Å². The van der Waals surface area contributed by atoms with Crippen molar-refractivity contribution >= 4 is 12.2 Å². The topological polar surface area (TPSA) is 41.6 Å². The lowest BCUT2D eigenvalue weighted by molar-refractivity contribution is 0.621. The number of halogens is 1. The maximum absolute atomic E-state index is 12.8. The lowest BCUT2D eigenvalue weighted by atomic mass is 10.2. The molecule has 2 rings (SSSR count). The van der Waals surface area contributed by atoms with Crippen molar-refractivity contribution in [1.29, 1.82) is 0 Å². The van der Waals surface area contributed by atoms with Crippen LogP contribution in [0.25, 0.3) is 11.5 Å².